The van der Waals surface area contributed by atoms with Crippen LogP contribution in [-0.2, 0) is 14.4 Å². The minimum absolute atomic E-state index is 0.0947. The molecule has 2 rings (SSSR count). The minimum Gasteiger partial charge on any atom is -0.347 e. The van der Waals surface area contributed by atoms with Crippen LogP contribution in [0.3, 0.4) is 0 Å². The summed E-state index contributed by atoms with van der Waals surface area (Å²) in [5.74, 6) is -0.741. The van der Waals surface area contributed by atoms with E-state index in [1.807, 2.05) is 30.3 Å². The van der Waals surface area contributed by atoms with Gasteiger partial charge in [0.2, 0.25) is 11.8 Å². The number of nitrogens with one attached hydrogen (secondary N) is 1. The first kappa shape index (κ1) is 17.7. The smallest absolute Gasteiger partial charge is 0.271 e. The lowest BCUT2D eigenvalue weighted by Crippen LogP contribution is -2.47. The lowest BCUT2D eigenvalue weighted by Gasteiger charge is -2.27. The van der Waals surface area contributed by atoms with Crippen molar-refractivity contribution in [2.45, 2.75) is 25.8 Å². The van der Waals surface area contributed by atoms with Crippen LogP contribution in [0.1, 0.15) is 25.3 Å². The Bertz CT molecular complexity index is 653. The number of carbonyl (C=O) groups excluding carboxylic acids is 3. The molecule has 128 valence electrons. The Morgan fingerprint density at radius 3 is 2.46 bits per heavy atom. The number of amides is 3. The lowest BCUT2D eigenvalue weighted by atomic mass is 10.1. The average molecular weight is 329 g/mol. The zero-order chi connectivity index (χ0) is 17.7. The Morgan fingerprint density at radius 1 is 1.21 bits per heavy atom. The van der Waals surface area contributed by atoms with Gasteiger partial charge in [-0.25, -0.2) is 0 Å². The van der Waals surface area contributed by atoms with Gasteiger partial charge in [-0.1, -0.05) is 30.3 Å². The Balaban J connectivity index is 2.29. The Hall–Kier alpha value is -2.63. The number of nitrogens with zero attached hydrogens (tertiary/aromatic N) is 2. The molecule has 1 aromatic rings. The molecule has 0 saturated carbocycles. The van der Waals surface area contributed by atoms with Gasteiger partial charge in [-0.05, 0) is 24.5 Å². The monoisotopic (exact) mass is 329 g/mol. The second-order valence-electron chi connectivity index (χ2n) is 6.04. The molecule has 24 heavy (non-hydrogen) atoms. The van der Waals surface area contributed by atoms with Gasteiger partial charge >= 0.3 is 0 Å². The fourth-order valence-corrected chi connectivity index (χ4v) is 2.78. The van der Waals surface area contributed by atoms with Crippen LogP contribution < -0.4 is 5.32 Å². The number of likely N-dealkylation sites (tertiary alicyclic amines) is 1. The van der Waals surface area contributed by atoms with Crippen molar-refractivity contribution in [1.82, 2.24) is 15.1 Å². The van der Waals surface area contributed by atoms with E-state index in [1.165, 1.54) is 11.8 Å². The van der Waals surface area contributed by atoms with E-state index < -0.39 is 6.04 Å². The van der Waals surface area contributed by atoms with Gasteiger partial charge < -0.3 is 15.1 Å². The van der Waals surface area contributed by atoms with E-state index >= 15 is 0 Å². The van der Waals surface area contributed by atoms with Gasteiger partial charge in [0.25, 0.3) is 5.91 Å². The third-order valence-electron chi connectivity index (χ3n) is 3.89. The molecule has 1 fully saturated rings. The largest absolute Gasteiger partial charge is 0.347 e. The van der Waals surface area contributed by atoms with Gasteiger partial charge in [-0.3, -0.25) is 14.4 Å². The van der Waals surface area contributed by atoms with Crippen LogP contribution in [0.5, 0.6) is 0 Å². The number of carbonyl (C=O) groups is 3. The summed E-state index contributed by atoms with van der Waals surface area (Å²) < 4.78 is 0. The van der Waals surface area contributed by atoms with Gasteiger partial charge in [0, 0.05) is 27.6 Å². The van der Waals surface area contributed by atoms with E-state index in [1.54, 1.807) is 25.1 Å². The average Bonchev–Trinajstić information content (AvgIpc) is 3.02. The highest BCUT2D eigenvalue weighted by molar-refractivity contribution is 6.03. The molecule has 0 bridgehead atoms. The van der Waals surface area contributed by atoms with Gasteiger partial charge in [-0.15, -0.1) is 0 Å². The van der Waals surface area contributed by atoms with Crippen molar-refractivity contribution < 1.29 is 14.4 Å². The van der Waals surface area contributed by atoms with Crippen molar-refractivity contribution in [2.75, 3.05) is 20.6 Å². The van der Waals surface area contributed by atoms with Crippen molar-refractivity contribution >= 4 is 23.8 Å². The predicted octanol–water partition coefficient (Wildman–Crippen LogP) is 1.24. The molecule has 0 aliphatic carbocycles. The van der Waals surface area contributed by atoms with Gasteiger partial charge in [0.15, 0.2) is 0 Å². The number of hydrogen-bond donors (Lipinski definition) is 1. The van der Waals surface area contributed by atoms with E-state index in [2.05, 4.69) is 5.32 Å². The molecule has 0 aromatic heterocycles. The maximum absolute atomic E-state index is 12.9. The number of hydrogen-bond acceptors (Lipinski definition) is 3. The summed E-state index contributed by atoms with van der Waals surface area (Å²) in [4.78, 5) is 39.7. The molecule has 1 saturated heterocycles. The second kappa shape index (κ2) is 7.77. The van der Waals surface area contributed by atoms with Crippen LogP contribution in [0.25, 0.3) is 6.08 Å². The third-order valence-corrected chi connectivity index (χ3v) is 3.89. The topological polar surface area (TPSA) is 69.7 Å². The number of benzene rings is 1. The highest BCUT2D eigenvalue weighted by Gasteiger charge is 2.36. The van der Waals surface area contributed by atoms with Crippen LogP contribution in [0.4, 0.5) is 0 Å². The summed E-state index contributed by atoms with van der Waals surface area (Å²) in [6.45, 7) is 1.87. The van der Waals surface area contributed by atoms with E-state index in [4.69, 9.17) is 0 Å². The van der Waals surface area contributed by atoms with Crippen LogP contribution in [0.15, 0.2) is 36.0 Å². The van der Waals surface area contributed by atoms with E-state index in [0.717, 1.165) is 12.0 Å². The molecule has 1 atom stereocenters. The molecule has 1 aliphatic heterocycles. The summed E-state index contributed by atoms with van der Waals surface area (Å²) in [6.07, 6.45) is 3.05. The fraction of sp³-hybridized carbons (Fsp3) is 0.389. The van der Waals surface area contributed by atoms with Crippen molar-refractivity contribution in [3.8, 4) is 0 Å². The first-order valence-electron chi connectivity index (χ1n) is 7.96. The van der Waals surface area contributed by atoms with Crippen LogP contribution >= 0.6 is 0 Å². The van der Waals surface area contributed by atoms with Crippen LogP contribution in [-0.4, -0.2) is 54.2 Å². The van der Waals surface area contributed by atoms with Crippen LogP contribution in [0.2, 0.25) is 0 Å². The van der Waals surface area contributed by atoms with Gasteiger partial charge in [0.05, 0.1) is 0 Å². The van der Waals surface area contributed by atoms with Crippen molar-refractivity contribution in [2.24, 2.45) is 0 Å². The first-order valence-corrected chi connectivity index (χ1v) is 7.96. The molecular formula is C18H23N3O3. The van der Waals surface area contributed by atoms with E-state index in [-0.39, 0.29) is 23.4 Å². The molecule has 1 aliphatic rings. The lowest BCUT2D eigenvalue weighted by molar-refractivity contribution is -0.140. The normalized spacial score (nSPS) is 17.5. The SMILES string of the molecule is CC(=O)N/C(=C/c1ccccc1)C(=O)N1CCC[C@H]1C(=O)N(C)C. The highest BCUT2D eigenvalue weighted by Crippen LogP contribution is 2.21. The summed E-state index contributed by atoms with van der Waals surface area (Å²) in [5.41, 5.74) is 0.997. The number of rotatable bonds is 4. The summed E-state index contributed by atoms with van der Waals surface area (Å²) in [5, 5.41) is 2.60. The quantitative estimate of drug-likeness (QED) is 0.845. The molecule has 6 nitrogen and oxygen atoms in total. The Morgan fingerprint density at radius 2 is 1.88 bits per heavy atom. The summed E-state index contributed by atoms with van der Waals surface area (Å²) in [6, 6.07) is 8.82. The molecule has 3 amide bonds. The van der Waals surface area contributed by atoms with Gasteiger partial charge in [-0.2, -0.15) is 0 Å². The molecule has 0 unspecified atom stereocenters. The van der Waals surface area contributed by atoms with Crippen molar-refractivity contribution in [3.63, 3.8) is 0 Å². The maximum Gasteiger partial charge on any atom is 0.271 e. The summed E-state index contributed by atoms with van der Waals surface area (Å²) >= 11 is 0. The highest BCUT2D eigenvalue weighted by atomic mass is 16.2. The Labute approximate surface area is 142 Å². The molecule has 1 N–H and O–H groups in total. The van der Waals surface area contributed by atoms with Crippen LogP contribution in [0, 0.1) is 0 Å². The van der Waals surface area contributed by atoms with E-state index in [9.17, 15) is 14.4 Å². The molecule has 1 aromatic carbocycles. The minimum atomic E-state index is -0.472. The third kappa shape index (κ3) is 4.22. The van der Waals surface area contributed by atoms with Crippen molar-refractivity contribution in [1.29, 1.82) is 0 Å². The molecule has 1 heterocycles. The summed E-state index contributed by atoms with van der Waals surface area (Å²) in [7, 11) is 3.36. The zero-order valence-corrected chi connectivity index (χ0v) is 14.3. The molecular weight excluding hydrogens is 306 g/mol. The first-order chi connectivity index (χ1) is 11.4. The van der Waals surface area contributed by atoms with E-state index in [0.29, 0.717) is 13.0 Å². The predicted molar refractivity (Wildman–Crippen MR) is 91.7 cm³/mol. The standard InChI is InChI=1S/C18H23N3O3/c1-13(22)19-15(12-14-8-5-4-6-9-14)17(23)21-11-7-10-16(21)18(24)20(2)3/h4-6,8-9,12,16H,7,10-11H2,1-3H3,(H,19,22)/b15-12+/t16-/m0/s1. The zero-order valence-electron chi connectivity index (χ0n) is 14.3. The molecule has 0 radical (unpaired) electrons. The van der Waals surface area contributed by atoms with Crippen molar-refractivity contribution in [3.05, 3.63) is 41.6 Å². The number of likely N-dealkylation sites (N-methyl/N-ethyl adjacent to an activating group) is 1. The fourth-order valence-electron chi connectivity index (χ4n) is 2.78. The van der Waals surface area contributed by atoms with Gasteiger partial charge in [0.1, 0.15) is 11.7 Å². The maximum atomic E-state index is 12.9. The Kier molecular flexibility index (Phi) is 5.73. The second-order valence-corrected chi connectivity index (χ2v) is 6.04. The molecule has 0 spiro atoms. The molecule has 6 heteroatoms.